The van der Waals surface area contributed by atoms with Crippen LogP contribution in [0.15, 0.2) is 17.6 Å². The van der Waals surface area contributed by atoms with Crippen molar-refractivity contribution in [1.29, 1.82) is 0 Å². The second kappa shape index (κ2) is 12.4. The number of aliphatic hydroxyl groups is 1. The maximum Gasteiger partial charge on any atom is 0.193 e. The first kappa shape index (κ1) is 20.0. The van der Waals surface area contributed by atoms with Crippen molar-refractivity contribution in [2.24, 2.45) is 10.9 Å². The minimum Gasteiger partial charge on any atom is -0.389 e. The van der Waals surface area contributed by atoms with E-state index in [2.05, 4.69) is 28.7 Å². The highest BCUT2D eigenvalue weighted by molar-refractivity contribution is 5.79. The fourth-order valence-electron chi connectivity index (χ4n) is 2.29. The van der Waals surface area contributed by atoms with E-state index in [4.69, 9.17) is 4.74 Å². The highest BCUT2D eigenvalue weighted by atomic mass is 16.5. The van der Waals surface area contributed by atoms with Gasteiger partial charge < -0.3 is 20.1 Å². The Morgan fingerprint density at radius 2 is 2.22 bits per heavy atom. The van der Waals surface area contributed by atoms with Crippen molar-refractivity contribution in [3.05, 3.63) is 12.7 Å². The van der Waals surface area contributed by atoms with Gasteiger partial charge in [0, 0.05) is 26.7 Å². The summed E-state index contributed by atoms with van der Waals surface area (Å²) in [6, 6.07) is 0. The summed E-state index contributed by atoms with van der Waals surface area (Å²) in [7, 11) is 2.05. The quantitative estimate of drug-likeness (QED) is 0.236. The Bertz CT molecular complexity index is 343. The van der Waals surface area contributed by atoms with Crippen LogP contribution in [0.4, 0.5) is 0 Å². The number of aliphatic hydroxyl groups excluding tert-OH is 1. The molecule has 0 radical (unpaired) electrons. The molecule has 1 saturated carbocycles. The van der Waals surface area contributed by atoms with Crippen molar-refractivity contribution in [1.82, 2.24) is 10.2 Å². The van der Waals surface area contributed by atoms with Crippen LogP contribution in [-0.2, 0) is 4.74 Å². The van der Waals surface area contributed by atoms with E-state index in [0.29, 0.717) is 13.2 Å². The lowest BCUT2D eigenvalue weighted by atomic mass is 10.2. The summed E-state index contributed by atoms with van der Waals surface area (Å²) in [5, 5.41) is 13.2. The maximum atomic E-state index is 9.97. The molecule has 134 valence electrons. The number of nitrogens with zero attached hydrogens (tertiary/aromatic N) is 2. The number of rotatable bonds is 13. The van der Waals surface area contributed by atoms with Crippen LogP contribution in [0.3, 0.4) is 0 Å². The Labute approximate surface area is 141 Å². The molecule has 5 heteroatoms. The summed E-state index contributed by atoms with van der Waals surface area (Å²) in [5.41, 5.74) is 0. The Balaban J connectivity index is 2.24. The molecule has 0 aromatic rings. The van der Waals surface area contributed by atoms with E-state index in [1.54, 1.807) is 0 Å². The van der Waals surface area contributed by atoms with Gasteiger partial charge in [0.25, 0.3) is 0 Å². The van der Waals surface area contributed by atoms with E-state index in [1.807, 2.05) is 13.1 Å². The molecule has 0 bridgehead atoms. The first-order valence-electron chi connectivity index (χ1n) is 9.03. The monoisotopic (exact) mass is 325 g/mol. The van der Waals surface area contributed by atoms with Crippen LogP contribution in [0.5, 0.6) is 0 Å². The zero-order chi connectivity index (χ0) is 16.9. The number of unbranched alkanes of at least 4 members (excludes halogenated alkanes) is 3. The third kappa shape index (κ3) is 10.3. The number of nitrogens with one attached hydrogen (secondary N) is 1. The van der Waals surface area contributed by atoms with Gasteiger partial charge in [-0.3, -0.25) is 4.99 Å². The fourth-order valence-corrected chi connectivity index (χ4v) is 2.29. The third-order valence-corrected chi connectivity index (χ3v) is 3.91. The summed E-state index contributed by atoms with van der Waals surface area (Å²) in [6.07, 6.45) is 8.63. The summed E-state index contributed by atoms with van der Waals surface area (Å²) in [5.74, 6) is 1.59. The van der Waals surface area contributed by atoms with Gasteiger partial charge >= 0.3 is 0 Å². The molecule has 1 atom stereocenters. The van der Waals surface area contributed by atoms with E-state index in [9.17, 15) is 5.11 Å². The molecule has 1 aliphatic rings. The molecule has 1 unspecified atom stereocenters. The van der Waals surface area contributed by atoms with Gasteiger partial charge in [-0.1, -0.05) is 12.5 Å². The van der Waals surface area contributed by atoms with Crippen LogP contribution in [0.1, 0.15) is 45.4 Å². The summed E-state index contributed by atoms with van der Waals surface area (Å²) in [6.45, 7) is 9.15. The SMILES string of the molecule is C=CCCCCCN(C)C(=NCC(O)COCC1CC1)NCC. The zero-order valence-corrected chi connectivity index (χ0v) is 15.0. The van der Waals surface area contributed by atoms with E-state index in [-0.39, 0.29) is 0 Å². The van der Waals surface area contributed by atoms with Gasteiger partial charge in [0.15, 0.2) is 5.96 Å². The van der Waals surface area contributed by atoms with Crippen molar-refractivity contribution in [3.8, 4) is 0 Å². The molecule has 23 heavy (non-hydrogen) atoms. The molecular formula is C18H35N3O2. The number of hydrogen-bond acceptors (Lipinski definition) is 3. The van der Waals surface area contributed by atoms with E-state index in [0.717, 1.165) is 44.4 Å². The second-order valence-electron chi connectivity index (χ2n) is 6.39. The first-order valence-corrected chi connectivity index (χ1v) is 9.03. The fraction of sp³-hybridized carbons (Fsp3) is 0.833. The molecule has 5 nitrogen and oxygen atoms in total. The highest BCUT2D eigenvalue weighted by Crippen LogP contribution is 2.28. The van der Waals surface area contributed by atoms with Gasteiger partial charge in [-0.2, -0.15) is 0 Å². The van der Waals surface area contributed by atoms with Crippen LogP contribution in [0.25, 0.3) is 0 Å². The van der Waals surface area contributed by atoms with Gasteiger partial charge in [-0.25, -0.2) is 0 Å². The molecule has 1 rings (SSSR count). The maximum absolute atomic E-state index is 9.97. The Hall–Kier alpha value is -1.07. The van der Waals surface area contributed by atoms with Crippen molar-refractivity contribution in [2.45, 2.75) is 51.6 Å². The lowest BCUT2D eigenvalue weighted by Crippen LogP contribution is -2.40. The average Bonchev–Trinajstić information content (AvgIpc) is 3.35. The molecule has 1 fully saturated rings. The third-order valence-electron chi connectivity index (χ3n) is 3.91. The largest absolute Gasteiger partial charge is 0.389 e. The van der Waals surface area contributed by atoms with Crippen molar-refractivity contribution < 1.29 is 9.84 Å². The van der Waals surface area contributed by atoms with Crippen LogP contribution >= 0.6 is 0 Å². The molecule has 0 aromatic carbocycles. The lowest BCUT2D eigenvalue weighted by molar-refractivity contribution is 0.0367. The summed E-state index contributed by atoms with van der Waals surface area (Å²) in [4.78, 5) is 6.66. The number of aliphatic imine (C=N–C) groups is 1. The summed E-state index contributed by atoms with van der Waals surface area (Å²) < 4.78 is 5.51. The van der Waals surface area contributed by atoms with E-state index < -0.39 is 6.10 Å². The van der Waals surface area contributed by atoms with Crippen molar-refractivity contribution in [2.75, 3.05) is 39.9 Å². The summed E-state index contributed by atoms with van der Waals surface area (Å²) >= 11 is 0. The molecule has 0 aromatic heterocycles. The van der Waals surface area contributed by atoms with Crippen molar-refractivity contribution in [3.63, 3.8) is 0 Å². The zero-order valence-electron chi connectivity index (χ0n) is 15.0. The molecule has 0 heterocycles. The minimum absolute atomic E-state index is 0.380. The number of allylic oxidation sites excluding steroid dienone is 1. The van der Waals surface area contributed by atoms with Crippen LogP contribution in [0.2, 0.25) is 0 Å². The molecule has 0 saturated heterocycles. The van der Waals surface area contributed by atoms with Crippen LogP contribution < -0.4 is 5.32 Å². The average molecular weight is 325 g/mol. The second-order valence-corrected chi connectivity index (χ2v) is 6.39. The molecule has 1 aliphatic carbocycles. The van der Waals surface area contributed by atoms with E-state index >= 15 is 0 Å². The minimum atomic E-state index is -0.525. The molecule has 0 aliphatic heterocycles. The lowest BCUT2D eigenvalue weighted by Gasteiger charge is -2.22. The van der Waals surface area contributed by atoms with Crippen molar-refractivity contribution >= 4 is 5.96 Å². The Morgan fingerprint density at radius 1 is 1.43 bits per heavy atom. The van der Waals surface area contributed by atoms with Gasteiger partial charge in [0.1, 0.15) is 0 Å². The Kier molecular flexibility index (Phi) is 10.7. The van der Waals surface area contributed by atoms with Gasteiger partial charge in [-0.15, -0.1) is 6.58 Å². The molecule has 0 spiro atoms. The molecule has 2 N–H and O–H groups in total. The van der Waals surface area contributed by atoms with E-state index in [1.165, 1.54) is 25.7 Å². The van der Waals surface area contributed by atoms with Crippen LogP contribution in [-0.4, -0.2) is 62.0 Å². The Morgan fingerprint density at radius 3 is 2.87 bits per heavy atom. The number of hydrogen-bond donors (Lipinski definition) is 2. The van der Waals surface area contributed by atoms with Crippen LogP contribution in [0, 0.1) is 5.92 Å². The molecule has 0 amide bonds. The van der Waals surface area contributed by atoms with Gasteiger partial charge in [-0.05, 0) is 44.9 Å². The first-order chi connectivity index (χ1) is 11.2. The number of guanidine groups is 1. The van der Waals surface area contributed by atoms with Gasteiger partial charge in [0.05, 0.1) is 19.3 Å². The van der Waals surface area contributed by atoms with Gasteiger partial charge in [0.2, 0.25) is 0 Å². The topological polar surface area (TPSA) is 57.1 Å². The predicted octanol–water partition coefficient (Wildman–Crippen LogP) is 2.42. The predicted molar refractivity (Wildman–Crippen MR) is 96.8 cm³/mol. The standard InChI is InChI=1S/C18H35N3O2/c1-4-6-7-8-9-12-21(3)18(19-5-2)20-13-17(22)15-23-14-16-10-11-16/h4,16-17,22H,1,5-15H2,2-3H3,(H,19,20). The highest BCUT2D eigenvalue weighted by Gasteiger charge is 2.21. The molecular weight excluding hydrogens is 290 g/mol. The number of ether oxygens (including phenoxy) is 1. The normalized spacial score (nSPS) is 16.2. The smallest absolute Gasteiger partial charge is 0.193 e.